The number of likely N-dealkylation sites (N-methyl/N-ethyl adjacent to an activating group) is 1. The molecule has 0 radical (unpaired) electrons. The summed E-state index contributed by atoms with van der Waals surface area (Å²) in [5.41, 5.74) is 3.37. The van der Waals surface area contributed by atoms with E-state index >= 15 is 0 Å². The van der Waals surface area contributed by atoms with Gasteiger partial charge >= 0.3 is 0 Å². The molecule has 0 aliphatic carbocycles. The minimum absolute atomic E-state index is 0.0527. The maximum Gasteiger partial charge on any atom is 0.240 e. The average Bonchev–Trinajstić information content (AvgIpc) is 2.73. The van der Waals surface area contributed by atoms with Crippen LogP contribution in [0.25, 0.3) is 0 Å². The number of nitrogens with one attached hydrogen (secondary N) is 1. The molecule has 0 aromatic heterocycles. The molecule has 30 heavy (non-hydrogen) atoms. The summed E-state index contributed by atoms with van der Waals surface area (Å²) in [6, 6.07) is 14.7. The van der Waals surface area contributed by atoms with Gasteiger partial charge in [-0.3, -0.25) is 9.69 Å². The summed E-state index contributed by atoms with van der Waals surface area (Å²) in [7, 11) is -1.84. The van der Waals surface area contributed by atoms with E-state index in [-0.39, 0.29) is 29.4 Å². The molecule has 2 aromatic rings. The molecule has 0 bridgehead atoms. The zero-order chi connectivity index (χ0) is 21.9. The molecule has 0 unspecified atom stereocenters. The zero-order valence-corrected chi connectivity index (χ0v) is 18.9. The Morgan fingerprint density at radius 2 is 1.80 bits per heavy atom. The Hall–Kier alpha value is -2.22. The van der Waals surface area contributed by atoms with E-state index in [0.29, 0.717) is 13.1 Å². The topological polar surface area (TPSA) is 69.7 Å². The number of nitrogens with zero attached hydrogens (tertiary/aromatic N) is 2. The van der Waals surface area contributed by atoms with E-state index in [1.807, 2.05) is 51.1 Å². The van der Waals surface area contributed by atoms with Gasteiger partial charge in [0.15, 0.2) is 0 Å². The van der Waals surface area contributed by atoms with Gasteiger partial charge in [-0.15, -0.1) is 0 Å². The largest absolute Gasteiger partial charge is 0.343 e. The molecule has 1 saturated heterocycles. The number of carbonyl (C=O) groups is 1. The minimum Gasteiger partial charge on any atom is -0.343 e. The molecule has 2 atom stereocenters. The second kappa shape index (κ2) is 9.29. The predicted octanol–water partition coefficient (Wildman–Crippen LogP) is 2.57. The van der Waals surface area contributed by atoms with Crippen LogP contribution in [0.5, 0.6) is 0 Å². The molecule has 7 heteroatoms. The third-order valence-corrected chi connectivity index (χ3v) is 7.22. The van der Waals surface area contributed by atoms with Crippen LogP contribution in [0.3, 0.4) is 0 Å². The van der Waals surface area contributed by atoms with Crippen LogP contribution in [0.2, 0.25) is 0 Å². The molecule has 1 aliphatic heterocycles. The van der Waals surface area contributed by atoms with E-state index in [9.17, 15) is 13.2 Å². The molecular formula is C23H31N3O3S. The van der Waals surface area contributed by atoms with Gasteiger partial charge in [-0.2, -0.15) is 0 Å². The van der Waals surface area contributed by atoms with E-state index in [0.717, 1.165) is 23.1 Å². The number of piperazine rings is 1. The van der Waals surface area contributed by atoms with Crippen LogP contribution in [0.1, 0.15) is 30.5 Å². The molecule has 2 aromatic carbocycles. The number of carbonyl (C=O) groups excluding carboxylic acids is 1. The van der Waals surface area contributed by atoms with Crippen molar-refractivity contribution in [1.29, 1.82) is 0 Å². The van der Waals surface area contributed by atoms with E-state index in [1.54, 1.807) is 24.1 Å². The van der Waals surface area contributed by atoms with E-state index in [2.05, 4.69) is 15.7 Å². The predicted molar refractivity (Wildman–Crippen MR) is 119 cm³/mol. The highest BCUT2D eigenvalue weighted by molar-refractivity contribution is 7.89. The lowest BCUT2D eigenvalue weighted by atomic mass is 10.0. The highest BCUT2D eigenvalue weighted by atomic mass is 32.2. The van der Waals surface area contributed by atoms with Gasteiger partial charge in [-0.25, -0.2) is 13.1 Å². The van der Waals surface area contributed by atoms with Gasteiger partial charge in [0.2, 0.25) is 15.9 Å². The Kier molecular flexibility index (Phi) is 6.95. The second-order valence-corrected chi connectivity index (χ2v) is 9.83. The lowest BCUT2D eigenvalue weighted by molar-refractivity contribution is -0.142. The van der Waals surface area contributed by atoms with Crippen molar-refractivity contribution in [3.63, 3.8) is 0 Å². The third kappa shape index (κ3) is 5.09. The summed E-state index contributed by atoms with van der Waals surface area (Å²) in [5, 5.41) is 0. The van der Waals surface area contributed by atoms with Gasteiger partial charge < -0.3 is 4.90 Å². The van der Waals surface area contributed by atoms with Crippen molar-refractivity contribution in [2.75, 3.05) is 20.1 Å². The van der Waals surface area contributed by atoms with Crippen LogP contribution in [0.15, 0.2) is 53.4 Å². The number of rotatable bonds is 7. The van der Waals surface area contributed by atoms with Crippen LogP contribution in [0, 0.1) is 6.92 Å². The summed E-state index contributed by atoms with van der Waals surface area (Å²) in [4.78, 5) is 16.6. The number of amides is 1. The maximum atomic E-state index is 12.8. The fraction of sp³-hybridized carbons (Fsp3) is 0.435. The van der Waals surface area contributed by atoms with Crippen LogP contribution < -0.4 is 4.72 Å². The zero-order valence-electron chi connectivity index (χ0n) is 18.1. The smallest absolute Gasteiger partial charge is 0.240 e. The highest BCUT2D eigenvalue weighted by Crippen LogP contribution is 2.20. The van der Waals surface area contributed by atoms with Crippen molar-refractivity contribution in [1.82, 2.24) is 14.5 Å². The summed E-state index contributed by atoms with van der Waals surface area (Å²) in [6.07, 6.45) is 0.863. The molecule has 0 spiro atoms. The molecule has 3 rings (SSSR count). The standard InChI is InChI=1S/C23H31N3O3S/c1-5-19-9-11-22(12-10-19)30(28,29)24-14-21-16-25(4)23(27)18(3)26(21)15-20-8-6-7-17(2)13-20/h6-13,18,21,24H,5,14-16H2,1-4H3/t18-,21+/m0/s1. The molecule has 1 aliphatic rings. The first kappa shape index (κ1) is 22.5. The minimum atomic E-state index is -3.62. The Bertz CT molecular complexity index is 989. The lowest BCUT2D eigenvalue weighted by Gasteiger charge is -2.44. The number of sulfonamides is 1. The van der Waals surface area contributed by atoms with E-state index in [4.69, 9.17) is 0 Å². The fourth-order valence-corrected chi connectivity index (χ4v) is 5.02. The second-order valence-electron chi connectivity index (χ2n) is 8.06. The van der Waals surface area contributed by atoms with E-state index < -0.39 is 10.0 Å². The highest BCUT2D eigenvalue weighted by Gasteiger charge is 2.36. The van der Waals surface area contributed by atoms with Crippen molar-refractivity contribution >= 4 is 15.9 Å². The Morgan fingerprint density at radius 1 is 1.10 bits per heavy atom. The van der Waals surface area contributed by atoms with Gasteiger partial charge in [-0.1, -0.05) is 48.9 Å². The molecule has 1 amide bonds. The molecule has 0 saturated carbocycles. The van der Waals surface area contributed by atoms with Gasteiger partial charge in [0, 0.05) is 32.7 Å². The Balaban J connectivity index is 1.77. The number of benzene rings is 2. The quantitative estimate of drug-likeness (QED) is 0.734. The summed E-state index contributed by atoms with van der Waals surface area (Å²) in [5.74, 6) is 0.0527. The first-order chi connectivity index (χ1) is 14.2. The number of aryl methyl sites for hydroxylation is 2. The first-order valence-corrected chi connectivity index (χ1v) is 11.8. The van der Waals surface area contributed by atoms with Crippen molar-refractivity contribution in [3.8, 4) is 0 Å². The van der Waals surface area contributed by atoms with Crippen molar-refractivity contribution < 1.29 is 13.2 Å². The van der Waals surface area contributed by atoms with Crippen molar-refractivity contribution in [2.45, 2.75) is 50.7 Å². The SMILES string of the molecule is CCc1ccc(S(=O)(=O)NC[C@@H]2CN(C)C(=O)[C@H](C)N2Cc2cccc(C)c2)cc1. The van der Waals surface area contributed by atoms with Crippen molar-refractivity contribution in [3.05, 3.63) is 65.2 Å². The van der Waals surface area contributed by atoms with Gasteiger partial charge in [0.25, 0.3) is 0 Å². The summed E-state index contributed by atoms with van der Waals surface area (Å²) >= 11 is 0. The van der Waals surface area contributed by atoms with Gasteiger partial charge in [0.05, 0.1) is 10.9 Å². The molecule has 1 heterocycles. The number of hydrogen-bond donors (Lipinski definition) is 1. The fourth-order valence-electron chi connectivity index (χ4n) is 3.95. The van der Waals surface area contributed by atoms with Crippen LogP contribution in [0.4, 0.5) is 0 Å². The Labute approximate surface area is 179 Å². The average molecular weight is 430 g/mol. The molecule has 1 N–H and O–H groups in total. The molecular weight excluding hydrogens is 398 g/mol. The van der Waals surface area contributed by atoms with Crippen molar-refractivity contribution in [2.24, 2.45) is 0 Å². The normalized spacial score (nSPS) is 20.5. The van der Waals surface area contributed by atoms with Gasteiger partial charge in [-0.05, 0) is 43.5 Å². The first-order valence-electron chi connectivity index (χ1n) is 10.4. The number of hydrogen-bond acceptors (Lipinski definition) is 4. The Morgan fingerprint density at radius 3 is 2.43 bits per heavy atom. The summed E-state index contributed by atoms with van der Waals surface area (Å²) < 4.78 is 28.4. The van der Waals surface area contributed by atoms with Gasteiger partial charge in [0.1, 0.15) is 0 Å². The van der Waals surface area contributed by atoms with Crippen LogP contribution in [-0.4, -0.2) is 56.3 Å². The third-order valence-electron chi connectivity index (χ3n) is 5.78. The van der Waals surface area contributed by atoms with E-state index in [1.165, 1.54) is 0 Å². The van der Waals surface area contributed by atoms with Crippen LogP contribution >= 0.6 is 0 Å². The molecule has 1 fully saturated rings. The molecule has 162 valence electrons. The van der Waals surface area contributed by atoms with Crippen LogP contribution in [-0.2, 0) is 27.8 Å². The summed E-state index contributed by atoms with van der Waals surface area (Å²) in [6.45, 7) is 7.28. The molecule has 6 nitrogen and oxygen atoms in total. The lowest BCUT2D eigenvalue weighted by Crippen LogP contribution is -2.62. The monoisotopic (exact) mass is 429 g/mol. The maximum absolute atomic E-state index is 12.8.